The molecule has 1 aromatic heterocycles. The summed E-state index contributed by atoms with van der Waals surface area (Å²) in [5.74, 6) is 0. The molecule has 1 unspecified atom stereocenters. The van der Waals surface area contributed by atoms with Gasteiger partial charge in [-0.2, -0.15) is 0 Å². The minimum absolute atomic E-state index is 0.0357. The largest absolute Gasteiger partial charge is 0.396 e. The molecule has 0 fully saturated rings. The van der Waals surface area contributed by atoms with Crippen LogP contribution in [0.25, 0.3) is 0 Å². The normalized spacial score (nSPS) is 15.2. The van der Waals surface area contributed by atoms with Crippen molar-refractivity contribution in [2.75, 3.05) is 13.2 Å². The number of aliphatic hydroxyl groups excluding tert-OH is 1. The molecule has 0 aliphatic carbocycles. The maximum atomic E-state index is 9.23. The predicted molar refractivity (Wildman–Crippen MR) is 58.2 cm³/mol. The molecule has 5 nitrogen and oxygen atoms in total. The fraction of sp³-hybridized carbons (Fsp3) is 0.800. The fourth-order valence-corrected chi connectivity index (χ4v) is 1.26. The number of hydrogen-bond donors (Lipinski definition) is 2. The number of aliphatic hydroxyl groups is 1. The number of rotatable bonds is 6. The number of nitrogens with zero attached hydrogens (tertiary/aromatic N) is 3. The van der Waals surface area contributed by atoms with Crippen LogP contribution in [0.3, 0.4) is 0 Å². The van der Waals surface area contributed by atoms with Crippen molar-refractivity contribution in [3.8, 4) is 0 Å². The van der Waals surface area contributed by atoms with Crippen LogP contribution in [-0.2, 0) is 13.6 Å². The van der Waals surface area contributed by atoms with Gasteiger partial charge in [0.25, 0.3) is 0 Å². The van der Waals surface area contributed by atoms with Crippen LogP contribution >= 0.6 is 0 Å². The number of aromatic nitrogens is 3. The third kappa shape index (κ3) is 3.28. The summed E-state index contributed by atoms with van der Waals surface area (Å²) < 4.78 is 1.75. The van der Waals surface area contributed by atoms with Crippen LogP contribution in [-0.4, -0.2) is 33.3 Å². The molecule has 15 heavy (non-hydrogen) atoms. The summed E-state index contributed by atoms with van der Waals surface area (Å²) in [6, 6.07) is 0. The van der Waals surface area contributed by atoms with Crippen LogP contribution in [0.15, 0.2) is 6.20 Å². The van der Waals surface area contributed by atoms with Gasteiger partial charge < -0.3 is 10.4 Å². The van der Waals surface area contributed by atoms with Gasteiger partial charge in [-0.1, -0.05) is 19.1 Å². The van der Waals surface area contributed by atoms with Crippen molar-refractivity contribution in [3.63, 3.8) is 0 Å². The topological polar surface area (TPSA) is 63.0 Å². The number of hydrogen-bond acceptors (Lipinski definition) is 4. The molecule has 0 saturated heterocycles. The Balaban J connectivity index is 2.36. The highest BCUT2D eigenvalue weighted by molar-refractivity contribution is 4.92. The van der Waals surface area contributed by atoms with Gasteiger partial charge in [-0.25, -0.2) is 0 Å². The second-order valence-corrected chi connectivity index (χ2v) is 4.27. The molecule has 0 spiro atoms. The van der Waals surface area contributed by atoms with E-state index in [1.165, 1.54) is 0 Å². The maximum absolute atomic E-state index is 9.23. The zero-order valence-electron chi connectivity index (χ0n) is 9.69. The van der Waals surface area contributed by atoms with Crippen LogP contribution in [0.5, 0.6) is 0 Å². The quantitative estimate of drug-likeness (QED) is 0.712. The highest BCUT2D eigenvalue weighted by atomic mass is 16.3. The van der Waals surface area contributed by atoms with Crippen molar-refractivity contribution in [2.24, 2.45) is 12.5 Å². The third-order valence-corrected chi connectivity index (χ3v) is 2.90. The summed E-state index contributed by atoms with van der Waals surface area (Å²) >= 11 is 0. The molecule has 0 aliphatic rings. The van der Waals surface area contributed by atoms with Gasteiger partial charge in [-0.15, -0.1) is 5.10 Å². The lowest BCUT2D eigenvalue weighted by atomic mass is 9.89. The summed E-state index contributed by atoms with van der Waals surface area (Å²) in [6.45, 7) is 5.90. The molecule has 1 heterocycles. The molecular weight excluding hydrogens is 192 g/mol. The number of aryl methyl sites for hydroxylation is 1. The van der Waals surface area contributed by atoms with E-state index in [-0.39, 0.29) is 12.0 Å². The van der Waals surface area contributed by atoms with E-state index in [0.717, 1.165) is 25.2 Å². The monoisotopic (exact) mass is 212 g/mol. The zero-order valence-corrected chi connectivity index (χ0v) is 9.69. The summed E-state index contributed by atoms with van der Waals surface area (Å²) in [5, 5.41) is 20.2. The molecule has 1 rings (SSSR count). The van der Waals surface area contributed by atoms with E-state index in [1.807, 2.05) is 7.05 Å². The highest BCUT2D eigenvalue weighted by Gasteiger charge is 2.20. The Labute approximate surface area is 90.5 Å². The molecule has 2 N–H and O–H groups in total. The molecule has 86 valence electrons. The summed E-state index contributed by atoms with van der Waals surface area (Å²) in [5.41, 5.74) is 1.01. The Bertz CT molecular complexity index is 293. The van der Waals surface area contributed by atoms with Crippen LogP contribution in [0, 0.1) is 5.41 Å². The van der Waals surface area contributed by atoms with Gasteiger partial charge in [0.2, 0.25) is 0 Å². The summed E-state index contributed by atoms with van der Waals surface area (Å²) in [4.78, 5) is 0. The Kier molecular flexibility index (Phi) is 4.23. The molecule has 0 aliphatic heterocycles. The van der Waals surface area contributed by atoms with E-state index in [1.54, 1.807) is 10.9 Å². The van der Waals surface area contributed by atoms with Crippen molar-refractivity contribution < 1.29 is 5.11 Å². The van der Waals surface area contributed by atoms with Gasteiger partial charge in [0, 0.05) is 32.2 Å². The lowest BCUT2D eigenvalue weighted by molar-refractivity contribution is 0.135. The number of nitrogens with one attached hydrogen (secondary N) is 1. The second kappa shape index (κ2) is 5.23. The van der Waals surface area contributed by atoms with Crippen LogP contribution in [0.4, 0.5) is 0 Å². The minimum Gasteiger partial charge on any atom is -0.396 e. The van der Waals surface area contributed by atoms with E-state index < -0.39 is 0 Å². The third-order valence-electron chi connectivity index (χ3n) is 2.90. The lowest BCUT2D eigenvalue weighted by Gasteiger charge is -2.25. The van der Waals surface area contributed by atoms with E-state index in [0.29, 0.717) is 0 Å². The zero-order chi connectivity index (χ0) is 11.3. The van der Waals surface area contributed by atoms with E-state index >= 15 is 0 Å². The first-order chi connectivity index (χ1) is 7.11. The Morgan fingerprint density at radius 2 is 2.33 bits per heavy atom. The summed E-state index contributed by atoms with van der Waals surface area (Å²) in [7, 11) is 1.87. The fourth-order valence-electron chi connectivity index (χ4n) is 1.26. The first-order valence-corrected chi connectivity index (χ1v) is 5.26. The van der Waals surface area contributed by atoms with E-state index in [4.69, 9.17) is 0 Å². The van der Waals surface area contributed by atoms with Gasteiger partial charge in [0.1, 0.15) is 0 Å². The van der Waals surface area contributed by atoms with Gasteiger partial charge in [-0.3, -0.25) is 4.68 Å². The van der Waals surface area contributed by atoms with Crippen LogP contribution in [0.2, 0.25) is 0 Å². The second-order valence-electron chi connectivity index (χ2n) is 4.27. The van der Waals surface area contributed by atoms with Crippen molar-refractivity contribution >= 4 is 0 Å². The molecule has 0 radical (unpaired) electrons. The van der Waals surface area contributed by atoms with Crippen LogP contribution < -0.4 is 5.32 Å². The van der Waals surface area contributed by atoms with Gasteiger partial charge in [0.05, 0.1) is 11.9 Å². The molecule has 0 bridgehead atoms. The molecule has 0 aromatic carbocycles. The molecule has 1 atom stereocenters. The molecular formula is C10H20N4O. The van der Waals surface area contributed by atoms with Crippen molar-refractivity contribution in [2.45, 2.75) is 26.8 Å². The first-order valence-electron chi connectivity index (χ1n) is 5.26. The standard InChI is InChI=1S/C10H20N4O/c1-4-10(2,8-15)7-11-5-9-6-12-13-14(9)3/h6,11,15H,4-5,7-8H2,1-3H3. The lowest BCUT2D eigenvalue weighted by Crippen LogP contribution is -2.34. The van der Waals surface area contributed by atoms with Gasteiger partial charge in [0.15, 0.2) is 0 Å². The summed E-state index contributed by atoms with van der Waals surface area (Å²) in [6.07, 6.45) is 2.70. The molecule has 0 saturated carbocycles. The van der Waals surface area contributed by atoms with Crippen molar-refractivity contribution in [1.82, 2.24) is 20.3 Å². The van der Waals surface area contributed by atoms with Crippen LogP contribution in [0.1, 0.15) is 26.0 Å². The predicted octanol–water partition coefficient (Wildman–Crippen LogP) is 0.313. The van der Waals surface area contributed by atoms with E-state index in [9.17, 15) is 5.11 Å². The Morgan fingerprint density at radius 3 is 2.80 bits per heavy atom. The van der Waals surface area contributed by atoms with E-state index in [2.05, 4.69) is 29.5 Å². The average Bonchev–Trinajstić information content (AvgIpc) is 2.64. The Hall–Kier alpha value is -0.940. The maximum Gasteiger partial charge on any atom is 0.0738 e. The molecule has 0 amide bonds. The first kappa shape index (κ1) is 12.1. The highest BCUT2D eigenvalue weighted by Crippen LogP contribution is 2.18. The molecule has 1 aromatic rings. The molecule has 5 heteroatoms. The smallest absolute Gasteiger partial charge is 0.0738 e. The van der Waals surface area contributed by atoms with Gasteiger partial charge in [-0.05, 0) is 6.42 Å². The minimum atomic E-state index is -0.0357. The average molecular weight is 212 g/mol. The SMILES string of the molecule is CCC(C)(CO)CNCc1cnnn1C. The van der Waals surface area contributed by atoms with Gasteiger partial charge >= 0.3 is 0 Å². The van der Waals surface area contributed by atoms with Crippen molar-refractivity contribution in [3.05, 3.63) is 11.9 Å². The Morgan fingerprint density at radius 1 is 1.60 bits per heavy atom. The van der Waals surface area contributed by atoms with Crippen molar-refractivity contribution in [1.29, 1.82) is 0 Å².